The number of nitrogens with zero attached hydrogens (tertiary/aromatic N) is 4. The molecule has 278 valence electrons. The molecule has 0 fully saturated rings. The minimum Gasteiger partial charge on any atom is -0.309 e. The zero-order valence-corrected chi connectivity index (χ0v) is 33.0. The van der Waals surface area contributed by atoms with Gasteiger partial charge in [0, 0.05) is 42.3 Å². The van der Waals surface area contributed by atoms with Gasteiger partial charge in [0.25, 0.3) is 0 Å². The summed E-state index contributed by atoms with van der Waals surface area (Å²) in [6.45, 7) is 0. The van der Waals surface area contributed by atoms with Gasteiger partial charge in [-0.2, -0.15) is 0 Å². The Morgan fingerprint density at radius 3 is 1.95 bits per heavy atom. The maximum atomic E-state index is 5.54. The van der Waals surface area contributed by atoms with Gasteiger partial charge < -0.3 is 4.57 Å². The number of hydrogen-bond acceptors (Lipinski definition) is 3. The van der Waals surface area contributed by atoms with Gasteiger partial charge in [0.15, 0.2) is 0 Å². The predicted octanol–water partition coefficient (Wildman–Crippen LogP) is 13.8. The number of benzene rings is 9. The second-order valence-corrected chi connectivity index (χ2v) is 17.2. The fraction of sp³-hybridized carbons (Fsp3) is 0.0182. The van der Waals surface area contributed by atoms with Crippen LogP contribution < -0.4 is 0 Å². The van der Waals surface area contributed by atoms with Crippen LogP contribution in [0.5, 0.6) is 0 Å². The lowest BCUT2D eigenvalue weighted by molar-refractivity contribution is 0.690. The standard InChI is InChI=1S/C55H32N4S/c1-2-15-34-30-35(29-28-33(34)14-1)52-39-18-3-8-23-45(39)56-54(57-52)59-47-25-10-5-17-37(47)40-31-51-44(32-49(40)59)55(42-21-7-12-27-50(42)60-51)41-20-6-11-26-48(41)58-46-24-9-4-16-36(46)38-19-13-22-43(55)53(38)58/h1-32H. The molecular formula is C55H32N4S. The summed E-state index contributed by atoms with van der Waals surface area (Å²) in [5, 5.41) is 8.34. The van der Waals surface area contributed by atoms with E-state index in [0.29, 0.717) is 5.95 Å². The molecule has 0 saturated carbocycles. The number of rotatable bonds is 2. The van der Waals surface area contributed by atoms with E-state index in [1.54, 1.807) is 0 Å². The predicted molar refractivity (Wildman–Crippen MR) is 247 cm³/mol. The smallest absolute Gasteiger partial charge is 0.235 e. The minimum atomic E-state index is -0.604. The van der Waals surface area contributed by atoms with E-state index in [2.05, 4.69) is 203 Å². The van der Waals surface area contributed by atoms with Crippen molar-refractivity contribution in [3.8, 4) is 22.9 Å². The Kier molecular flexibility index (Phi) is 6.40. The SMILES string of the molecule is c1ccc2c(c1)Sc1cc3c4ccccc4n(-c4nc(-c5ccc6ccccc6c5)c5ccccc5n4)c3cc1C21c2ccccc2-n2c3ccccc3c3cccc1c32. The first kappa shape index (κ1) is 32.5. The molecule has 0 saturated heterocycles. The highest BCUT2D eigenvalue weighted by atomic mass is 32.2. The molecule has 12 aromatic rings. The normalized spacial score (nSPS) is 15.3. The summed E-state index contributed by atoms with van der Waals surface area (Å²) in [7, 11) is 0. The minimum absolute atomic E-state index is 0.604. The number of para-hydroxylation sites is 5. The number of aromatic nitrogens is 4. The first-order valence-electron chi connectivity index (χ1n) is 20.5. The summed E-state index contributed by atoms with van der Waals surface area (Å²) >= 11 is 1.88. The summed E-state index contributed by atoms with van der Waals surface area (Å²) in [5.41, 5.74) is 13.3. The van der Waals surface area contributed by atoms with Crippen molar-refractivity contribution in [3.63, 3.8) is 0 Å². The Morgan fingerprint density at radius 1 is 0.400 bits per heavy atom. The topological polar surface area (TPSA) is 35.6 Å². The fourth-order valence-electron chi connectivity index (χ4n) is 10.7. The van der Waals surface area contributed by atoms with Gasteiger partial charge in [-0.1, -0.05) is 157 Å². The zero-order chi connectivity index (χ0) is 39.1. The second-order valence-electron chi connectivity index (χ2n) is 16.1. The summed E-state index contributed by atoms with van der Waals surface area (Å²) in [6.07, 6.45) is 0. The summed E-state index contributed by atoms with van der Waals surface area (Å²) in [6, 6.07) is 71.2. The lowest BCUT2D eigenvalue weighted by Gasteiger charge is -2.45. The molecule has 2 aliphatic rings. The van der Waals surface area contributed by atoms with Crippen molar-refractivity contribution in [1.82, 2.24) is 19.1 Å². The van der Waals surface area contributed by atoms with E-state index in [1.807, 2.05) is 11.8 Å². The van der Waals surface area contributed by atoms with Crippen LogP contribution in [0.15, 0.2) is 204 Å². The van der Waals surface area contributed by atoms with E-state index in [9.17, 15) is 0 Å². The molecule has 0 radical (unpaired) electrons. The maximum absolute atomic E-state index is 5.54. The third kappa shape index (κ3) is 4.12. The molecule has 5 heteroatoms. The molecule has 9 aromatic carbocycles. The van der Waals surface area contributed by atoms with Gasteiger partial charge in [0.2, 0.25) is 5.95 Å². The highest BCUT2D eigenvalue weighted by Gasteiger charge is 2.49. The number of fused-ring (bicyclic) bond motifs is 16. The van der Waals surface area contributed by atoms with E-state index in [0.717, 1.165) is 33.2 Å². The molecule has 1 spiro atoms. The van der Waals surface area contributed by atoms with Gasteiger partial charge in [0.1, 0.15) is 0 Å². The van der Waals surface area contributed by atoms with Gasteiger partial charge in [-0.3, -0.25) is 4.57 Å². The van der Waals surface area contributed by atoms with Gasteiger partial charge >= 0.3 is 0 Å². The van der Waals surface area contributed by atoms with Crippen LogP contribution in [0.2, 0.25) is 0 Å². The Labute approximate surface area is 349 Å². The Hall–Kier alpha value is -7.47. The van der Waals surface area contributed by atoms with Crippen molar-refractivity contribution < 1.29 is 0 Å². The van der Waals surface area contributed by atoms with Crippen LogP contribution >= 0.6 is 11.8 Å². The van der Waals surface area contributed by atoms with Crippen LogP contribution in [-0.2, 0) is 5.41 Å². The first-order valence-corrected chi connectivity index (χ1v) is 21.3. The van der Waals surface area contributed by atoms with Crippen molar-refractivity contribution in [3.05, 3.63) is 216 Å². The molecule has 14 rings (SSSR count). The van der Waals surface area contributed by atoms with Crippen molar-refractivity contribution in [2.24, 2.45) is 0 Å². The van der Waals surface area contributed by atoms with E-state index in [-0.39, 0.29) is 0 Å². The highest BCUT2D eigenvalue weighted by molar-refractivity contribution is 7.99. The maximum Gasteiger partial charge on any atom is 0.235 e. The second kappa shape index (κ2) is 11.8. The Morgan fingerprint density at radius 2 is 1.07 bits per heavy atom. The molecular weight excluding hydrogens is 749 g/mol. The van der Waals surface area contributed by atoms with Gasteiger partial charge in [-0.15, -0.1) is 0 Å². The van der Waals surface area contributed by atoms with Crippen LogP contribution in [0.3, 0.4) is 0 Å². The summed E-state index contributed by atoms with van der Waals surface area (Å²) in [4.78, 5) is 13.5. The third-order valence-electron chi connectivity index (χ3n) is 13.2. The van der Waals surface area contributed by atoms with Gasteiger partial charge in [0.05, 0.1) is 44.4 Å². The quantitative estimate of drug-likeness (QED) is 0.175. The fourth-order valence-corrected chi connectivity index (χ4v) is 11.9. The van der Waals surface area contributed by atoms with Crippen LogP contribution in [0.25, 0.3) is 88.2 Å². The van der Waals surface area contributed by atoms with Gasteiger partial charge in [-0.05, 0) is 81.6 Å². The molecule has 1 unspecified atom stereocenters. The monoisotopic (exact) mass is 780 g/mol. The molecule has 0 aliphatic carbocycles. The largest absolute Gasteiger partial charge is 0.309 e. The molecule has 1 atom stereocenters. The van der Waals surface area contributed by atoms with E-state index >= 15 is 0 Å². The molecule has 60 heavy (non-hydrogen) atoms. The lowest BCUT2D eigenvalue weighted by Crippen LogP contribution is -2.37. The van der Waals surface area contributed by atoms with Crippen LogP contribution in [0.4, 0.5) is 0 Å². The molecule has 0 amide bonds. The Balaban J connectivity index is 1.12. The number of hydrogen-bond donors (Lipinski definition) is 0. The lowest BCUT2D eigenvalue weighted by atomic mass is 9.62. The molecule has 0 bridgehead atoms. The summed E-state index contributed by atoms with van der Waals surface area (Å²) < 4.78 is 4.82. The van der Waals surface area contributed by atoms with Crippen molar-refractivity contribution in [1.29, 1.82) is 0 Å². The van der Waals surface area contributed by atoms with Crippen LogP contribution in [0, 0.1) is 0 Å². The van der Waals surface area contributed by atoms with Crippen LogP contribution in [0.1, 0.15) is 22.3 Å². The van der Waals surface area contributed by atoms with Gasteiger partial charge in [-0.25, -0.2) is 9.97 Å². The van der Waals surface area contributed by atoms with E-state index in [4.69, 9.17) is 9.97 Å². The molecule has 3 aromatic heterocycles. The molecule has 4 nitrogen and oxygen atoms in total. The average Bonchev–Trinajstić information content (AvgIpc) is 3.82. The molecule has 0 N–H and O–H groups in total. The molecule has 2 aliphatic heterocycles. The van der Waals surface area contributed by atoms with Crippen LogP contribution in [-0.4, -0.2) is 19.1 Å². The molecule has 5 heterocycles. The van der Waals surface area contributed by atoms with Crippen molar-refractivity contribution >= 4 is 77.0 Å². The highest BCUT2D eigenvalue weighted by Crippen LogP contribution is 2.61. The Bertz CT molecular complexity index is 3840. The van der Waals surface area contributed by atoms with E-state index < -0.39 is 5.41 Å². The summed E-state index contributed by atoms with van der Waals surface area (Å²) in [5.74, 6) is 0.659. The van der Waals surface area contributed by atoms with E-state index in [1.165, 1.54) is 81.1 Å². The third-order valence-corrected chi connectivity index (χ3v) is 14.3. The van der Waals surface area contributed by atoms with Crippen molar-refractivity contribution in [2.45, 2.75) is 15.2 Å². The average molecular weight is 781 g/mol. The zero-order valence-electron chi connectivity index (χ0n) is 32.2. The van der Waals surface area contributed by atoms with Crippen molar-refractivity contribution in [2.75, 3.05) is 0 Å². The first-order chi connectivity index (χ1) is 29.8.